The van der Waals surface area contributed by atoms with Crippen LogP contribution in [0, 0.1) is 5.41 Å². The molecule has 0 aliphatic rings. The van der Waals surface area contributed by atoms with Crippen molar-refractivity contribution in [3.05, 3.63) is 0 Å². The fraction of sp³-hybridized carbons (Fsp3) is 0.727. The molecule has 2 amide bonds. The van der Waals surface area contributed by atoms with Crippen LogP contribution >= 0.6 is 0 Å². The molecule has 0 rings (SSSR count). The Kier molecular flexibility index (Phi) is 5.77. The van der Waals surface area contributed by atoms with Crippen molar-refractivity contribution in [1.29, 1.82) is 0 Å². The lowest BCUT2D eigenvalue weighted by atomic mass is 9.86. The van der Waals surface area contributed by atoms with Crippen molar-refractivity contribution < 1.29 is 19.5 Å². The monoisotopic (exact) mass is 259 g/mol. The van der Waals surface area contributed by atoms with Gasteiger partial charge in [0.05, 0.1) is 6.04 Å². The summed E-state index contributed by atoms with van der Waals surface area (Å²) >= 11 is 0. The van der Waals surface area contributed by atoms with Crippen molar-refractivity contribution in [2.45, 2.75) is 45.7 Å². The molecule has 0 heterocycles. The average molecular weight is 259 g/mol. The Labute approximate surface area is 106 Å². The van der Waals surface area contributed by atoms with E-state index < -0.39 is 35.3 Å². The molecule has 0 saturated heterocycles. The summed E-state index contributed by atoms with van der Waals surface area (Å²) in [5.74, 6) is -2.39. The minimum atomic E-state index is -1.22. The van der Waals surface area contributed by atoms with Crippen LogP contribution in [0.2, 0.25) is 0 Å². The maximum atomic E-state index is 11.7. The molecular weight excluding hydrogens is 238 g/mol. The number of primary amides is 1. The van der Waals surface area contributed by atoms with Gasteiger partial charge < -0.3 is 21.9 Å². The zero-order valence-corrected chi connectivity index (χ0v) is 10.9. The molecular formula is C11H21N3O4. The Bertz CT molecular complexity index is 336. The maximum absolute atomic E-state index is 11.7. The Morgan fingerprint density at radius 2 is 1.78 bits per heavy atom. The Morgan fingerprint density at radius 3 is 2.11 bits per heavy atom. The van der Waals surface area contributed by atoms with Crippen LogP contribution in [0.1, 0.15) is 33.6 Å². The summed E-state index contributed by atoms with van der Waals surface area (Å²) in [5.41, 5.74) is 10.2. The first-order valence-corrected chi connectivity index (χ1v) is 5.62. The van der Waals surface area contributed by atoms with Crippen molar-refractivity contribution in [1.82, 2.24) is 5.32 Å². The molecule has 7 heteroatoms. The lowest BCUT2D eigenvalue weighted by molar-refractivity contribution is -0.142. The molecule has 18 heavy (non-hydrogen) atoms. The predicted molar refractivity (Wildman–Crippen MR) is 65.4 cm³/mol. The van der Waals surface area contributed by atoms with E-state index in [9.17, 15) is 14.4 Å². The van der Waals surface area contributed by atoms with Gasteiger partial charge in [-0.15, -0.1) is 0 Å². The van der Waals surface area contributed by atoms with Gasteiger partial charge in [-0.05, 0) is 11.8 Å². The fourth-order valence-electron chi connectivity index (χ4n) is 1.20. The van der Waals surface area contributed by atoms with Crippen LogP contribution in [-0.2, 0) is 14.4 Å². The molecule has 7 nitrogen and oxygen atoms in total. The van der Waals surface area contributed by atoms with Crippen LogP contribution in [0.3, 0.4) is 0 Å². The Balaban J connectivity index is 4.55. The second-order valence-corrected chi connectivity index (χ2v) is 5.25. The number of nitrogens with two attached hydrogens (primary N) is 2. The highest BCUT2D eigenvalue weighted by Crippen LogP contribution is 2.17. The van der Waals surface area contributed by atoms with Gasteiger partial charge in [-0.1, -0.05) is 20.8 Å². The standard InChI is InChI=1S/C11H21N3O4/c1-11(2,3)8(13)9(16)14-6(10(17)18)4-5-7(12)15/h6,8H,4-5,13H2,1-3H3,(H2,12,15)(H,14,16)(H,17,18)/t6-,8+/m0/s1. The number of carboxylic acids is 1. The minimum Gasteiger partial charge on any atom is -0.480 e. The zero-order valence-electron chi connectivity index (χ0n) is 10.9. The molecule has 0 spiro atoms. The number of aliphatic carboxylic acids is 1. The predicted octanol–water partition coefficient (Wildman–Crippen LogP) is -0.805. The van der Waals surface area contributed by atoms with Gasteiger partial charge in [0.1, 0.15) is 6.04 Å². The topological polar surface area (TPSA) is 136 Å². The molecule has 2 atom stereocenters. The van der Waals surface area contributed by atoms with Crippen LogP contribution in [0.4, 0.5) is 0 Å². The van der Waals surface area contributed by atoms with Gasteiger partial charge >= 0.3 is 5.97 Å². The van der Waals surface area contributed by atoms with Crippen LogP contribution in [0.5, 0.6) is 0 Å². The number of carboxylic acid groups (broad SMARTS) is 1. The first-order chi connectivity index (χ1) is 8.05. The highest BCUT2D eigenvalue weighted by molar-refractivity contribution is 5.87. The molecule has 0 radical (unpaired) electrons. The second kappa shape index (κ2) is 6.34. The van der Waals surface area contributed by atoms with Gasteiger partial charge in [0.15, 0.2) is 0 Å². The van der Waals surface area contributed by atoms with Crippen LogP contribution < -0.4 is 16.8 Å². The lowest BCUT2D eigenvalue weighted by Crippen LogP contribution is -2.53. The largest absolute Gasteiger partial charge is 0.480 e. The van der Waals surface area contributed by atoms with Crippen molar-refractivity contribution in [2.75, 3.05) is 0 Å². The lowest BCUT2D eigenvalue weighted by Gasteiger charge is -2.27. The summed E-state index contributed by atoms with van der Waals surface area (Å²) < 4.78 is 0. The molecule has 0 bridgehead atoms. The van der Waals surface area contributed by atoms with Gasteiger partial charge in [-0.25, -0.2) is 4.79 Å². The van der Waals surface area contributed by atoms with Gasteiger partial charge in [-0.2, -0.15) is 0 Å². The Morgan fingerprint density at radius 1 is 1.28 bits per heavy atom. The minimum absolute atomic E-state index is 0.0483. The van der Waals surface area contributed by atoms with Gasteiger partial charge in [0.25, 0.3) is 0 Å². The van der Waals surface area contributed by atoms with E-state index in [2.05, 4.69) is 5.32 Å². The molecule has 0 aliphatic carbocycles. The molecule has 0 saturated carbocycles. The molecule has 0 aromatic rings. The number of carbonyl (C=O) groups is 3. The van der Waals surface area contributed by atoms with Gasteiger partial charge in [0, 0.05) is 6.42 Å². The number of rotatable bonds is 6. The molecule has 0 aromatic carbocycles. The normalized spacial score (nSPS) is 14.7. The number of amides is 2. The van der Waals surface area contributed by atoms with Crippen molar-refractivity contribution in [2.24, 2.45) is 16.9 Å². The van der Waals surface area contributed by atoms with Gasteiger partial charge in [0.2, 0.25) is 11.8 Å². The number of nitrogens with one attached hydrogen (secondary N) is 1. The smallest absolute Gasteiger partial charge is 0.326 e. The number of hydrogen-bond donors (Lipinski definition) is 4. The van der Waals surface area contributed by atoms with E-state index in [4.69, 9.17) is 16.6 Å². The van der Waals surface area contributed by atoms with E-state index >= 15 is 0 Å². The van der Waals surface area contributed by atoms with Crippen molar-refractivity contribution >= 4 is 17.8 Å². The fourth-order valence-corrected chi connectivity index (χ4v) is 1.20. The van der Waals surface area contributed by atoms with E-state index in [1.807, 2.05) is 0 Å². The van der Waals surface area contributed by atoms with Crippen molar-refractivity contribution in [3.8, 4) is 0 Å². The summed E-state index contributed by atoms with van der Waals surface area (Å²) in [6.07, 6.45) is -0.157. The first kappa shape index (κ1) is 16.4. The quantitative estimate of drug-likeness (QED) is 0.495. The summed E-state index contributed by atoms with van der Waals surface area (Å²) in [4.78, 5) is 33.2. The maximum Gasteiger partial charge on any atom is 0.326 e. The number of hydrogen-bond acceptors (Lipinski definition) is 4. The summed E-state index contributed by atoms with van der Waals surface area (Å²) in [5, 5.41) is 11.2. The molecule has 0 fully saturated rings. The summed E-state index contributed by atoms with van der Waals surface area (Å²) in [6.45, 7) is 5.32. The molecule has 0 unspecified atom stereocenters. The Hall–Kier alpha value is -1.63. The second-order valence-electron chi connectivity index (χ2n) is 5.25. The van der Waals surface area contributed by atoms with E-state index in [0.29, 0.717) is 0 Å². The van der Waals surface area contributed by atoms with E-state index in [1.165, 1.54) is 0 Å². The molecule has 104 valence electrons. The van der Waals surface area contributed by atoms with E-state index in [0.717, 1.165) is 0 Å². The third kappa shape index (κ3) is 5.62. The summed E-state index contributed by atoms with van der Waals surface area (Å²) in [7, 11) is 0. The summed E-state index contributed by atoms with van der Waals surface area (Å²) in [6, 6.07) is -1.98. The third-order valence-electron chi connectivity index (χ3n) is 2.51. The first-order valence-electron chi connectivity index (χ1n) is 5.62. The third-order valence-corrected chi connectivity index (χ3v) is 2.51. The average Bonchev–Trinajstić information content (AvgIpc) is 2.20. The molecule has 0 aromatic heterocycles. The molecule has 0 aliphatic heterocycles. The number of carbonyl (C=O) groups excluding carboxylic acids is 2. The zero-order chi connectivity index (χ0) is 14.5. The molecule has 6 N–H and O–H groups in total. The highest BCUT2D eigenvalue weighted by Gasteiger charge is 2.30. The van der Waals surface area contributed by atoms with Gasteiger partial charge in [-0.3, -0.25) is 9.59 Å². The van der Waals surface area contributed by atoms with Crippen LogP contribution in [0.25, 0.3) is 0 Å². The van der Waals surface area contributed by atoms with Crippen molar-refractivity contribution in [3.63, 3.8) is 0 Å². The van der Waals surface area contributed by atoms with E-state index in [1.54, 1.807) is 20.8 Å². The van der Waals surface area contributed by atoms with Crippen LogP contribution in [0.15, 0.2) is 0 Å². The van der Waals surface area contributed by atoms with E-state index in [-0.39, 0.29) is 12.8 Å². The highest BCUT2D eigenvalue weighted by atomic mass is 16.4. The van der Waals surface area contributed by atoms with Crippen LogP contribution in [-0.4, -0.2) is 35.0 Å². The SMILES string of the molecule is CC(C)(C)[C@H](N)C(=O)N[C@@H](CCC(N)=O)C(=O)O.